The fraction of sp³-hybridized carbons (Fsp3) is 0.143. The molecular weight excluding hydrogens is 224 g/mol. The Morgan fingerprint density at radius 3 is 2.92 bits per heavy atom. The predicted octanol–water partition coefficient (Wildman–Crippen LogP) is 0.775. The predicted molar refractivity (Wildman–Crippen MR) is 47.7 cm³/mol. The van der Waals surface area contributed by atoms with Gasteiger partial charge in [0.2, 0.25) is 0 Å². The molecule has 1 amide bonds. The van der Waals surface area contributed by atoms with Crippen molar-refractivity contribution in [3.8, 4) is 0 Å². The van der Waals surface area contributed by atoms with E-state index in [1.54, 1.807) is 18.3 Å². The lowest BCUT2D eigenvalue weighted by Crippen LogP contribution is -2.16. The molecule has 2 N–H and O–H groups in total. The number of carbonyl (C=O) groups excluding carboxylic acids is 1. The molecule has 0 spiro atoms. The molecule has 12 heavy (non-hydrogen) atoms. The van der Waals surface area contributed by atoms with Crippen molar-refractivity contribution in [2.75, 3.05) is 11.9 Å². The van der Waals surface area contributed by atoms with E-state index in [0.29, 0.717) is 5.82 Å². The summed E-state index contributed by atoms with van der Waals surface area (Å²) in [5, 5.41) is 10.8. The van der Waals surface area contributed by atoms with Crippen LogP contribution >= 0.6 is 15.9 Å². The van der Waals surface area contributed by atoms with E-state index >= 15 is 0 Å². The molecule has 0 aliphatic heterocycles. The van der Waals surface area contributed by atoms with Crippen LogP contribution in [0, 0.1) is 0 Å². The zero-order chi connectivity index (χ0) is 8.97. The summed E-state index contributed by atoms with van der Waals surface area (Å²) in [6.45, 7) is -0.530. The van der Waals surface area contributed by atoms with Crippen molar-refractivity contribution in [1.29, 1.82) is 0 Å². The van der Waals surface area contributed by atoms with Crippen LogP contribution in [0.5, 0.6) is 0 Å². The maximum absolute atomic E-state index is 10.7. The summed E-state index contributed by atoms with van der Waals surface area (Å²) in [5.74, 6) is -0.0397. The number of amides is 1. The quantitative estimate of drug-likeness (QED) is 0.790. The Morgan fingerprint density at radius 2 is 2.42 bits per heavy atom. The van der Waals surface area contributed by atoms with E-state index in [0.717, 1.165) is 4.47 Å². The number of carbonyl (C=O) groups is 1. The molecule has 1 aromatic rings. The maximum Gasteiger partial charge on any atom is 0.251 e. The first kappa shape index (κ1) is 9.15. The Labute approximate surface area is 77.8 Å². The number of rotatable bonds is 2. The molecule has 5 heteroatoms. The fourth-order valence-electron chi connectivity index (χ4n) is 0.632. The van der Waals surface area contributed by atoms with E-state index < -0.39 is 12.5 Å². The van der Waals surface area contributed by atoms with Crippen molar-refractivity contribution in [3.63, 3.8) is 0 Å². The third-order valence-electron chi connectivity index (χ3n) is 1.14. The van der Waals surface area contributed by atoms with Gasteiger partial charge in [-0.3, -0.25) is 4.79 Å². The second-order valence-corrected chi connectivity index (χ2v) is 2.98. The van der Waals surface area contributed by atoms with Gasteiger partial charge in [-0.2, -0.15) is 0 Å². The van der Waals surface area contributed by atoms with Crippen LogP contribution in [0.15, 0.2) is 22.8 Å². The number of hydrogen-bond acceptors (Lipinski definition) is 3. The standard InChI is InChI=1S/C7H7BrN2O2/c8-5-1-2-6(9-3-5)10-7(12)4-11/h1-3,11H,4H2,(H,9,10,12). The van der Waals surface area contributed by atoms with Crippen LogP contribution < -0.4 is 5.32 Å². The van der Waals surface area contributed by atoms with Crippen LogP contribution in [-0.2, 0) is 4.79 Å². The first-order valence-corrected chi connectivity index (χ1v) is 4.04. The van der Waals surface area contributed by atoms with E-state index in [1.807, 2.05) is 0 Å². The minimum atomic E-state index is -0.530. The van der Waals surface area contributed by atoms with Gasteiger partial charge in [0, 0.05) is 10.7 Å². The fourth-order valence-corrected chi connectivity index (χ4v) is 0.867. The Hall–Kier alpha value is -0.940. The molecule has 4 nitrogen and oxygen atoms in total. The van der Waals surface area contributed by atoms with Crippen molar-refractivity contribution in [3.05, 3.63) is 22.8 Å². The van der Waals surface area contributed by atoms with Gasteiger partial charge in [0.05, 0.1) is 0 Å². The van der Waals surface area contributed by atoms with E-state index in [4.69, 9.17) is 5.11 Å². The average Bonchev–Trinajstić information content (AvgIpc) is 2.09. The van der Waals surface area contributed by atoms with Gasteiger partial charge < -0.3 is 10.4 Å². The number of hydrogen-bond donors (Lipinski definition) is 2. The topological polar surface area (TPSA) is 62.2 Å². The smallest absolute Gasteiger partial charge is 0.251 e. The van der Waals surface area contributed by atoms with E-state index in [2.05, 4.69) is 26.2 Å². The Bertz CT molecular complexity index is 273. The van der Waals surface area contributed by atoms with Crippen molar-refractivity contribution >= 4 is 27.7 Å². The van der Waals surface area contributed by atoms with Crippen molar-refractivity contribution in [2.24, 2.45) is 0 Å². The number of anilines is 1. The summed E-state index contributed by atoms with van der Waals surface area (Å²) in [6, 6.07) is 3.39. The summed E-state index contributed by atoms with van der Waals surface area (Å²) in [5.41, 5.74) is 0. The first-order chi connectivity index (χ1) is 5.72. The van der Waals surface area contributed by atoms with Gasteiger partial charge in [-0.1, -0.05) is 0 Å². The number of pyridine rings is 1. The van der Waals surface area contributed by atoms with Crippen LogP contribution in [-0.4, -0.2) is 22.6 Å². The van der Waals surface area contributed by atoms with Gasteiger partial charge in [0.15, 0.2) is 0 Å². The number of halogens is 1. The summed E-state index contributed by atoms with van der Waals surface area (Å²) in [4.78, 5) is 14.5. The summed E-state index contributed by atoms with van der Waals surface area (Å²) in [6.07, 6.45) is 1.56. The molecule has 0 aliphatic rings. The molecule has 0 bridgehead atoms. The minimum absolute atomic E-state index is 0.428. The van der Waals surface area contributed by atoms with Gasteiger partial charge >= 0.3 is 0 Å². The molecule has 0 atom stereocenters. The molecule has 0 fully saturated rings. The number of aromatic nitrogens is 1. The monoisotopic (exact) mass is 230 g/mol. The lowest BCUT2D eigenvalue weighted by atomic mass is 10.4. The highest BCUT2D eigenvalue weighted by molar-refractivity contribution is 9.10. The van der Waals surface area contributed by atoms with Crippen molar-refractivity contribution in [2.45, 2.75) is 0 Å². The lowest BCUT2D eigenvalue weighted by Gasteiger charge is -2.00. The van der Waals surface area contributed by atoms with Gasteiger partial charge in [-0.25, -0.2) is 4.98 Å². The maximum atomic E-state index is 10.7. The van der Waals surface area contributed by atoms with Gasteiger partial charge in [-0.15, -0.1) is 0 Å². The molecule has 1 aromatic heterocycles. The van der Waals surface area contributed by atoms with Gasteiger partial charge in [0.25, 0.3) is 5.91 Å². The van der Waals surface area contributed by atoms with Crippen molar-refractivity contribution < 1.29 is 9.90 Å². The molecule has 0 aliphatic carbocycles. The highest BCUT2D eigenvalue weighted by atomic mass is 79.9. The summed E-state index contributed by atoms with van der Waals surface area (Å²) in [7, 11) is 0. The number of aliphatic hydroxyl groups is 1. The van der Waals surface area contributed by atoms with Gasteiger partial charge in [-0.05, 0) is 28.1 Å². The van der Waals surface area contributed by atoms with Crippen molar-refractivity contribution in [1.82, 2.24) is 4.98 Å². The van der Waals surface area contributed by atoms with Gasteiger partial charge in [0.1, 0.15) is 12.4 Å². The first-order valence-electron chi connectivity index (χ1n) is 3.24. The van der Waals surface area contributed by atoms with Crippen LogP contribution in [0.2, 0.25) is 0 Å². The number of aliphatic hydroxyl groups excluding tert-OH is 1. The van der Waals surface area contributed by atoms with Crippen LogP contribution in [0.25, 0.3) is 0 Å². The number of nitrogens with one attached hydrogen (secondary N) is 1. The Morgan fingerprint density at radius 1 is 1.67 bits per heavy atom. The molecule has 0 aromatic carbocycles. The van der Waals surface area contributed by atoms with E-state index in [9.17, 15) is 4.79 Å². The molecule has 1 heterocycles. The van der Waals surface area contributed by atoms with Crippen LogP contribution in [0.4, 0.5) is 5.82 Å². The summed E-state index contributed by atoms with van der Waals surface area (Å²) >= 11 is 3.20. The molecule has 0 unspecified atom stereocenters. The molecule has 0 radical (unpaired) electrons. The lowest BCUT2D eigenvalue weighted by molar-refractivity contribution is -0.118. The molecule has 64 valence electrons. The second kappa shape index (κ2) is 4.18. The Kier molecular flexibility index (Phi) is 3.19. The van der Waals surface area contributed by atoms with E-state index in [1.165, 1.54) is 0 Å². The third-order valence-corrected chi connectivity index (χ3v) is 1.61. The third kappa shape index (κ3) is 2.60. The zero-order valence-electron chi connectivity index (χ0n) is 6.12. The summed E-state index contributed by atoms with van der Waals surface area (Å²) < 4.78 is 0.837. The normalized spacial score (nSPS) is 9.50. The number of nitrogens with zero attached hydrogens (tertiary/aromatic N) is 1. The highest BCUT2D eigenvalue weighted by Crippen LogP contribution is 2.09. The highest BCUT2D eigenvalue weighted by Gasteiger charge is 1.99. The molecular formula is C7H7BrN2O2. The molecule has 1 rings (SSSR count). The average molecular weight is 231 g/mol. The van der Waals surface area contributed by atoms with E-state index in [-0.39, 0.29) is 0 Å². The van der Waals surface area contributed by atoms with Crippen LogP contribution in [0.1, 0.15) is 0 Å². The SMILES string of the molecule is O=C(CO)Nc1ccc(Br)cn1. The molecule has 0 saturated heterocycles. The van der Waals surface area contributed by atoms with Crippen LogP contribution in [0.3, 0.4) is 0 Å². The Balaban J connectivity index is 2.64. The minimum Gasteiger partial charge on any atom is -0.387 e. The zero-order valence-corrected chi connectivity index (χ0v) is 7.71. The largest absolute Gasteiger partial charge is 0.387 e. The second-order valence-electron chi connectivity index (χ2n) is 2.07. The molecule has 0 saturated carbocycles.